The van der Waals surface area contributed by atoms with Gasteiger partial charge in [-0.3, -0.25) is 4.79 Å². The highest BCUT2D eigenvalue weighted by atomic mass is 79.9. The summed E-state index contributed by atoms with van der Waals surface area (Å²) >= 11 is 0. The predicted octanol–water partition coefficient (Wildman–Crippen LogP) is 1.09. The van der Waals surface area contributed by atoms with Crippen molar-refractivity contribution in [1.82, 2.24) is 0 Å². The van der Waals surface area contributed by atoms with Gasteiger partial charge in [0, 0.05) is 23.6 Å². The minimum Gasteiger partial charge on any atom is -1.00 e. The van der Waals surface area contributed by atoms with E-state index in [2.05, 4.69) is 35.0 Å². The summed E-state index contributed by atoms with van der Waals surface area (Å²) in [5.41, 5.74) is 2.47. The summed E-state index contributed by atoms with van der Waals surface area (Å²) in [6, 6.07) is 10.4. The van der Waals surface area contributed by atoms with Crippen LogP contribution in [0.15, 0.2) is 36.5 Å². The van der Waals surface area contributed by atoms with Crippen LogP contribution in [-0.2, 0) is 17.8 Å². The molecule has 6 nitrogen and oxygen atoms in total. The van der Waals surface area contributed by atoms with Crippen molar-refractivity contribution in [2.24, 2.45) is 0 Å². The Balaban J connectivity index is 0.00000216. The van der Waals surface area contributed by atoms with Crippen LogP contribution < -0.4 is 40.5 Å². The molecule has 0 radical (unpaired) electrons. The molecule has 0 bridgehead atoms. The van der Waals surface area contributed by atoms with Crippen LogP contribution in [0.2, 0.25) is 0 Å². The molecule has 0 unspecified atom stereocenters. The molecular formula is C25H22BrNO5. The molecule has 1 aromatic heterocycles. The lowest BCUT2D eigenvalue weighted by molar-refractivity contribution is -0.670. The number of ether oxygens (including phenoxy) is 4. The van der Waals surface area contributed by atoms with Crippen LogP contribution in [0.4, 0.5) is 0 Å². The first-order valence-electron chi connectivity index (χ1n) is 10.5. The number of rotatable bonds is 5. The van der Waals surface area contributed by atoms with Crippen molar-refractivity contribution in [3.63, 3.8) is 0 Å². The maximum atomic E-state index is 11.9. The third-order valence-corrected chi connectivity index (χ3v) is 6.33. The first kappa shape index (κ1) is 20.8. The SMILES string of the molecule is CCC(=O)COc1c(OC)ccc2c1c[n+]1c3c2ccc2c4c(cc(c23)CC1)OCO4.[Br-]. The standard InChI is InChI=1S/C25H22NO5.BrH/c1-3-15(27)12-29-25-19-11-26-9-8-14-10-21-24(31-13-30-21)18-5-4-17(23(26)22(14)18)16(19)6-7-20(25)28-2;/h4-7,10-11H,3,8-9,12-13H2,1-2H3;1H/q+1;/p-1. The zero-order valence-corrected chi connectivity index (χ0v) is 19.5. The molecule has 4 aromatic rings. The van der Waals surface area contributed by atoms with E-state index in [1.165, 1.54) is 16.5 Å². The summed E-state index contributed by atoms with van der Waals surface area (Å²) in [5.74, 6) is 2.96. The van der Waals surface area contributed by atoms with Crippen LogP contribution in [0, 0.1) is 0 Å². The lowest BCUT2D eigenvalue weighted by atomic mass is 9.93. The average Bonchev–Trinajstić information content (AvgIpc) is 3.28. The minimum atomic E-state index is 0. The fourth-order valence-electron chi connectivity index (χ4n) is 4.80. The van der Waals surface area contributed by atoms with Crippen molar-refractivity contribution in [2.45, 2.75) is 26.3 Å². The molecule has 6 rings (SSSR count). The highest BCUT2D eigenvalue weighted by Crippen LogP contribution is 2.46. The van der Waals surface area contributed by atoms with E-state index >= 15 is 0 Å². The highest BCUT2D eigenvalue weighted by molar-refractivity contribution is 6.17. The molecule has 164 valence electrons. The van der Waals surface area contributed by atoms with Gasteiger partial charge in [-0.25, -0.2) is 0 Å². The Bertz CT molecular complexity index is 1420. The predicted molar refractivity (Wildman–Crippen MR) is 116 cm³/mol. The van der Waals surface area contributed by atoms with Gasteiger partial charge in [0.15, 0.2) is 41.5 Å². The van der Waals surface area contributed by atoms with Crippen molar-refractivity contribution >= 4 is 38.2 Å². The maximum absolute atomic E-state index is 11.9. The van der Waals surface area contributed by atoms with E-state index in [9.17, 15) is 4.79 Å². The quantitative estimate of drug-likeness (QED) is 0.306. The summed E-state index contributed by atoms with van der Waals surface area (Å²) in [6.07, 6.45) is 3.48. The molecule has 0 amide bonds. The fourth-order valence-corrected chi connectivity index (χ4v) is 4.80. The van der Waals surface area contributed by atoms with Crippen molar-refractivity contribution in [1.29, 1.82) is 0 Å². The Morgan fingerprint density at radius 1 is 1.09 bits per heavy atom. The molecule has 7 heteroatoms. The number of fused-ring (bicyclic) bond motifs is 4. The van der Waals surface area contributed by atoms with Crippen LogP contribution in [0.25, 0.3) is 32.4 Å². The van der Waals surface area contributed by atoms with E-state index in [0.29, 0.717) is 17.9 Å². The van der Waals surface area contributed by atoms with Gasteiger partial charge in [-0.2, -0.15) is 4.57 Å². The normalized spacial score (nSPS) is 13.6. The molecular weight excluding hydrogens is 474 g/mol. The summed E-state index contributed by atoms with van der Waals surface area (Å²) < 4.78 is 25.3. The summed E-state index contributed by atoms with van der Waals surface area (Å²) in [4.78, 5) is 11.9. The van der Waals surface area contributed by atoms with Crippen molar-refractivity contribution in [3.05, 3.63) is 42.1 Å². The molecule has 0 fully saturated rings. The van der Waals surface area contributed by atoms with E-state index in [-0.39, 0.29) is 36.2 Å². The second-order valence-corrected chi connectivity index (χ2v) is 7.97. The van der Waals surface area contributed by atoms with Gasteiger partial charge in [-0.1, -0.05) is 6.92 Å². The van der Waals surface area contributed by atoms with Gasteiger partial charge in [0.25, 0.3) is 0 Å². The van der Waals surface area contributed by atoms with Gasteiger partial charge in [0.1, 0.15) is 6.61 Å². The maximum Gasteiger partial charge on any atom is 0.231 e. The van der Waals surface area contributed by atoms with Gasteiger partial charge in [-0.05, 0) is 35.9 Å². The zero-order valence-electron chi connectivity index (χ0n) is 17.9. The number of carbonyl (C=O) groups excluding carboxylic acids is 1. The Morgan fingerprint density at radius 3 is 2.72 bits per heavy atom. The number of halogens is 1. The van der Waals surface area contributed by atoms with Gasteiger partial charge < -0.3 is 35.9 Å². The number of pyridine rings is 1. The number of nitrogens with zero attached hydrogens (tertiary/aromatic N) is 1. The number of ketones is 1. The van der Waals surface area contributed by atoms with Gasteiger partial charge in [0.2, 0.25) is 12.3 Å². The number of hydrogen-bond donors (Lipinski definition) is 0. The molecule has 0 atom stereocenters. The van der Waals surface area contributed by atoms with Crippen LogP contribution in [0.5, 0.6) is 23.0 Å². The first-order chi connectivity index (χ1) is 15.2. The Hall–Kier alpha value is -3.06. The smallest absolute Gasteiger partial charge is 0.231 e. The number of benzene rings is 3. The summed E-state index contributed by atoms with van der Waals surface area (Å²) in [5, 5.41) is 5.45. The Labute approximate surface area is 195 Å². The fraction of sp³-hybridized carbons (Fsp3) is 0.280. The van der Waals surface area contributed by atoms with Gasteiger partial charge >= 0.3 is 0 Å². The van der Waals surface area contributed by atoms with Crippen LogP contribution in [0.1, 0.15) is 18.9 Å². The molecule has 2 aliphatic rings. The largest absolute Gasteiger partial charge is 1.00 e. The van der Waals surface area contributed by atoms with E-state index in [1.807, 2.05) is 13.0 Å². The van der Waals surface area contributed by atoms with E-state index < -0.39 is 0 Å². The summed E-state index contributed by atoms with van der Waals surface area (Å²) in [7, 11) is 1.62. The van der Waals surface area contributed by atoms with E-state index in [0.717, 1.165) is 46.0 Å². The van der Waals surface area contributed by atoms with Crippen LogP contribution in [-0.4, -0.2) is 26.3 Å². The first-order valence-corrected chi connectivity index (χ1v) is 10.5. The van der Waals surface area contributed by atoms with Crippen molar-refractivity contribution in [2.75, 3.05) is 20.5 Å². The number of carbonyl (C=O) groups is 1. The molecule has 3 aromatic carbocycles. The van der Waals surface area contributed by atoms with Crippen LogP contribution in [0.3, 0.4) is 0 Å². The topological polar surface area (TPSA) is 57.9 Å². The minimum absolute atomic E-state index is 0. The molecule has 2 aliphatic heterocycles. The third-order valence-electron chi connectivity index (χ3n) is 6.33. The third kappa shape index (κ3) is 2.91. The molecule has 0 saturated carbocycles. The van der Waals surface area contributed by atoms with E-state index in [4.69, 9.17) is 18.9 Å². The molecule has 0 saturated heterocycles. The Kier molecular flexibility index (Phi) is 5.08. The molecule has 0 spiro atoms. The van der Waals surface area contributed by atoms with E-state index in [1.54, 1.807) is 7.11 Å². The number of methoxy groups -OCH3 is 1. The lowest BCUT2D eigenvalue weighted by Gasteiger charge is -2.18. The highest BCUT2D eigenvalue weighted by Gasteiger charge is 2.29. The molecule has 3 heterocycles. The lowest BCUT2D eigenvalue weighted by Crippen LogP contribution is -3.00. The second-order valence-electron chi connectivity index (χ2n) is 7.97. The zero-order chi connectivity index (χ0) is 21.1. The molecule has 0 aliphatic carbocycles. The Morgan fingerprint density at radius 2 is 1.91 bits per heavy atom. The van der Waals surface area contributed by atoms with Crippen molar-refractivity contribution < 1.29 is 45.3 Å². The summed E-state index contributed by atoms with van der Waals surface area (Å²) in [6.45, 7) is 2.99. The van der Waals surface area contributed by atoms with Crippen LogP contribution >= 0.6 is 0 Å². The number of Topliss-reactive ketones (excluding diaryl/α,β-unsaturated/α-hetero) is 1. The van der Waals surface area contributed by atoms with Crippen molar-refractivity contribution in [3.8, 4) is 23.0 Å². The number of hydrogen-bond acceptors (Lipinski definition) is 5. The van der Waals surface area contributed by atoms with Gasteiger partial charge in [-0.15, -0.1) is 0 Å². The molecule has 32 heavy (non-hydrogen) atoms. The number of aryl methyl sites for hydroxylation is 2. The monoisotopic (exact) mass is 495 g/mol. The average molecular weight is 496 g/mol. The van der Waals surface area contributed by atoms with Gasteiger partial charge in [0.05, 0.1) is 23.3 Å². The number of aromatic nitrogens is 1. The second kappa shape index (κ2) is 7.81. The molecule has 0 N–H and O–H groups in total.